The number of amides is 2. The zero-order chi connectivity index (χ0) is 23.2. The second kappa shape index (κ2) is 10.3. The Hall–Kier alpha value is -3.67. The summed E-state index contributed by atoms with van der Waals surface area (Å²) in [7, 11) is 3.44. The van der Waals surface area contributed by atoms with Crippen LogP contribution in [0, 0.1) is 0 Å². The van der Waals surface area contributed by atoms with Crippen LogP contribution in [0.4, 0.5) is 0 Å². The third-order valence-electron chi connectivity index (χ3n) is 6.17. The first-order valence-electron chi connectivity index (χ1n) is 11.2. The summed E-state index contributed by atoms with van der Waals surface area (Å²) in [6, 6.07) is 19.3. The molecular weight excluding hydrogens is 414 g/mol. The minimum atomic E-state index is -0.490. The molecular formula is C27H29N3O3. The summed E-state index contributed by atoms with van der Waals surface area (Å²) < 4.78 is 5.20. The molecule has 0 saturated carbocycles. The SMILES string of the molecule is COc1ccc(CCC(=O)N2CCN(C)C(=O)C2Cc2cccc(-c3cccnc3)c2)cc1. The lowest BCUT2D eigenvalue weighted by Gasteiger charge is -2.39. The molecule has 2 amide bonds. The van der Waals surface area contributed by atoms with Crippen molar-refractivity contribution in [3.05, 3.63) is 84.2 Å². The van der Waals surface area contributed by atoms with E-state index in [0.29, 0.717) is 32.4 Å². The average molecular weight is 444 g/mol. The predicted molar refractivity (Wildman–Crippen MR) is 128 cm³/mol. The van der Waals surface area contributed by atoms with Crippen LogP contribution >= 0.6 is 0 Å². The molecule has 3 aromatic rings. The predicted octanol–water partition coefficient (Wildman–Crippen LogP) is 3.60. The van der Waals surface area contributed by atoms with Crippen molar-refractivity contribution in [2.45, 2.75) is 25.3 Å². The summed E-state index contributed by atoms with van der Waals surface area (Å²) in [4.78, 5) is 33.9. The number of likely N-dealkylation sites (N-methyl/N-ethyl adjacent to an activating group) is 1. The van der Waals surface area contributed by atoms with E-state index in [1.807, 2.05) is 60.8 Å². The van der Waals surface area contributed by atoms with Gasteiger partial charge in [0.15, 0.2) is 0 Å². The quantitative estimate of drug-likeness (QED) is 0.560. The van der Waals surface area contributed by atoms with Crippen LogP contribution in [-0.2, 0) is 22.4 Å². The molecule has 1 aliphatic rings. The Labute approximate surface area is 194 Å². The molecule has 0 spiro atoms. The molecule has 1 fully saturated rings. The Morgan fingerprint density at radius 3 is 2.55 bits per heavy atom. The number of carbonyl (C=O) groups is 2. The summed E-state index contributed by atoms with van der Waals surface area (Å²) in [5, 5.41) is 0. The Kier molecular flexibility index (Phi) is 7.03. The lowest BCUT2D eigenvalue weighted by atomic mass is 9.97. The van der Waals surface area contributed by atoms with Gasteiger partial charge in [-0.05, 0) is 46.9 Å². The molecule has 2 heterocycles. The van der Waals surface area contributed by atoms with E-state index in [2.05, 4.69) is 11.1 Å². The van der Waals surface area contributed by atoms with Crippen molar-refractivity contribution in [1.82, 2.24) is 14.8 Å². The monoisotopic (exact) mass is 443 g/mol. The van der Waals surface area contributed by atoms with Crippen molar-refractivity contribution in [3.63, 3.8) is 0 Å². The fraction of sp³-hybridized carbons (Fsp3) is 0.296. The number of hydrogen-bond acceptors (Lipinski definition) is 4. The Morgan fingerprint density at radius 2 is 1.82 bits per heavy atom. The minimum absolute atomic E-state index is 0.00849. The Balaban J connectivity index is 1.48. The first-order chi connectivity index (χ1) is 16.0. The highest BCUT2D eigenvalue weighted by Gasteiger charge is 2.35. The topological polar surface area (TPSA) is 62.7 Å². The summed E-state index contributed by atoms with van der Waals surface area (Å²) >= 11 is 0. The number of aryl methyl sites for hydroxylation is 1. The van der Waals surface area contributed by atoms with Crippen LogP contribution in [-0.4, -0.2) is 59.9 Å². The molecule has 1 atom stereocenters. The molecule has 0 aliphatic carbocycles. The molecule has 4 rings (SSSR count). The second-order valence-electron chi connectivity index (χ2n) is 8.36. The molecule has 2 aromatic carbocycles. The molecule has 33 heavy (non-hydrogen) atoms. The van der Waals surface area contributed by atoms with Crippen LogP contribution in [0.25, 0.3) is 11.1 Å². The highest BCUT2D eigenvalue weighted by atomic mass is 16.5. The Bertz CT molecular complexity index is 1100. The van der Waals surface area contributed by atoms with Crippen molar-refractivity contribution in [2.75, 3.05) is 27.2 Å². The molecule has 1 saturated heterocycles. The van der Waals surface area contributed by atoms with Crippen LogP contribution in [0.5, 0.6) is 5.75 Å². The lowest BCUT2D eigenvalue weighted by Crippen LogP contribution is -2.58. The van der Waals surface area contributed by atoms with Crippen LogP contribution in [0.3, 0.4) is 0 Å². The van der Waals surface area contributed by atoms with Crippen LogP contribution in [0.2, 0.25) is 0 Å². The summed E-state index contributed by atoms with van der Waals surface area (Å²) in [5.74, 6) is 0.801. The maximum absolute atomic E-state index is 13.2. The second-order valence-corrected chi connectivity index (χ2v) is 8.36. The zero-order valence-corrected chi connectivity index (χ0v) is 19.1. The van der Waals surface area contributed by atoms with E-state index in [0.717, 1.165) is 28.0 Å². The van der Waals surface area contributed by atoms with Gasteiger partial charge in [-0.25, -0.2) is 0 Å². The van der Waals surface area contributed by atoms with E-state index in [9.17, 15) is 9.59 Å². The third kappa shape index (κ3) is 5.40. The van der Waals surface area contributed by atoms with Gasteiger partial charge in [-0.15, -0.1) is 0 Å². The van der Waals surface area contributed by atoms with Gasteiger partial charge in [-0.2, -0.15) is 0 Å². The minimum Gasteiger partial charge on any atom is -0.497 e. The molecule has 1 aromatic heterocycles. The number of piperazine rings is 1. The van der Waals surface area contributed by atoms with Gasteiger partial charge >= 0.3 is 0 Å². The lowest BCUT2D eigenvalue weighted by molar-refractivity contribution is -0.150. The van der Waals surface area contributed by atoms with Gasteiger partial charge in [0.2, 0.25) is 11.8 Å². The molecule has 170 valence electrons. The number of ether oxygens (including phenoxy) is 1. The maximum Gasteiger partial charge on any atom is 0.245 e. The molecule has 0 radical (unpaired) electrons. The first-order valence-corrected chi connectivity index (χ1v) is 11.2. The van der Waals surface area contributed by atoms with Crippen LogP contribution < -0.4 is 4.74 Å². The molecule has 1 unspecified atom stereocenters. The van der Waals surface area contributed by atoms with Crippen molar-refractivity contribution in [1.29, 1.82) is 0 Å². The van der Waals surface area contributed by atoms with Crippen LogP contribution in [0.15, 0.2) is 73.1 Å². The van der Waals surface area contributed by atoms with Crippen molar-refractivity contribution in [2.24, 2.45) is 0 Å². The average Bonchev–Trinajstić information content (AvgIpc) is 2.86. The summed E-state index contributed by atoms with van der Waals surface area (Å²) in [6.07, 6.45) is 5.07. The molecule has 6 heteroatoms. The van der Waals surface area contributed by atoms with E-state index in [-0.39, 0.29) is 11.8 Å². The number of hydrogen-bond donors (Lipinski definition) is 0. The van der Waals surface area contributed by atoms with Crippen molar-refractivity contribution < 1.29 is 14.3 Å². The van der Waals surface area contributed by atoms with Gasteiger partial charge in [-0.3, -0.25) is 14.6 Å². The smallest absolute Gasteiger partial charge is 0.245 e. The number of aromatic nitrogens is 1. The number of benzene rings is 2. The van der Waals surface area contributed by atoms with E-state index in [1.165, 1.54) is 0 Å². The van der Waals surface area contributed by atoms with E-state index in [4.69, 9.17) is 4.74 Å². The van der Waals surface area contributed by atoms with Crippen LogP contribution in [0.1, 0.15) is 17.5 Å². The van der Waals surface area contributed by atoms with Gasteiger partial charge in [0.1, 0.15) is 11.8 Å². The molecule has 0 bridgehead atoms. The number of methoxy groups -OCH3 is 1. The summed E-state index contributed by atoms with van der Waals surface area (Å²) in [5.41, 5.74) is 4.18. The number of pyridine rings is 1. The van der Waals surface area contributed by atoms with Gasteiger partial charge < -0.3 is 14.5 Å². The normalized spacial score (nSPS) is 16.1. The fourth-order valence-electron chi connectivity index (χ4n) is 4.23. The summed E-state index contributed by atoms with van der Waals surface area (Å²) in [6.45, 7) is 1.11. The van der Waals surface area contributed by atoms with Crippen molar-refractivity contribution >= 4 is 11.8 Å². The van der Waals surface area contributed by atoms with E-state index in [1.54, 1.807) is 30.2 Å². The van der Waals surface area contributed by atoms with E-state index >= 15 is 0 Å². The van der Waals surface area contributed by atoms with Gasteiger partial charge in [0.25, 0.3) is 0 Å². The van der Waals surface area contributed by atoms with Gasteiger partial charge in [0.05, 0.1) is 7.11 Å². The molecule has 0 N–H and O–H groups in total. The number of carbonyl (C=O) groups excluding carboxylic acids is 2. The van der Waals surface area contributed by atoms with Crippen molar-refractivity contribution in [3.8, 4) is 16.9 Å². The Morgan fingerprint density at radius 1 is 1.03 bits per heavy atom. The number of nitrogens with zero attached hydrogens (tertiary/aromatic N) is 3. The maximum atomic E-state index is 13.2. The highest BCUT2D eigenvalue weighted by molar-refractivity contribution is 5.89. The fourth-order valence-corrected chi connectivity index (χ4v) is 4.23. The van der Waals surface area contributed by atoms with Gasteiger partial charge in [-0.1, -0.05) is 42.5 Å². The van der Waals surface area contributed by atoms with Gasteiger partial charge in [0, 0.05) is 45.4 Å². The number of rotatable bonds is 7. The highest BCUT2D eigenvalue weighted by Crippen LogP contribution is 2.23. The largest absolute Gasteiger partial charge is 0.497 e. The standard InChI is InChI=1S/C27H29N3O3/c1-29-15-16-30(26(31)13-10-20-8-11-24(33-2)12-9-20)25(27(29)32)18-21-5-3-6-22(17-21)23-7-4-14-28-19-23/h3-9,11-12,14,17,19,25H,10,13,15-16,18H2,1-2H3. The molecule has 6 nitrogen and oxygen atoms in total. The zero-order valence-electron chi connectivity index (χ0n) is 19.1. The first kappa shape index (κ1) is 22.5. The third-order valence-corrected chi connectivity index (χ3v) is 6.17. The van der Waals surface area contributed by atoms with E-state index < -0.39 is 6.04 Å². The molecule has 1 aliphatic heterocycles.